The number of rotatable bonds is 5. The third kappa shape index (κ3) is 4.96. The van der Waals surface area contributed by atoms with Crippen LogP contribution in [0.15, 0.2) is 18.2 Å². The molecule has 1 aromatic rings. The number of halogens is 1. The summed E-state index contributed by atoms with van der Waals surface area (Å²) in [6.45, 7) is 2.33. The minimum absolute atomic E-state index is 0.0630. The second-order valence-electron chi connectivity index (χ2n) is 4.51. The number of hydrogen-bond acceptors (Lipinski definition) is 3. The molecule has 106 valence electrons. The van der Waals surface area contributed by atoms with Gasteiger partial charge in [-0.25, -0.2) is 4.79 Å². The van der Waals surface area contributed by atoms with Crippen LogP contribution in [-0.4, -0.2) is 39.9 Å². The molecule has 0 radical (unpaired) electrons. The van der Waals surface area contributed by atoms with Crippen LogP contribution in [0.5, 0.6) is 0 Å². The second kappa shape index (κ2) is 7.21. The van der Waals surface area contributed by atoms with Gasteiger partial charge in [0.25, 0.3) is 0 Å². The van der Waals surface area contributed by atoms with E-state index < -0.39 is 0 Å². The van der Waals surface area contributed by atoms with Crippen LogP contribution in [0.3, 0.4) is 0 Å². The molecule has 19 heavy (non-hydrogen) atoms. The SMILES string of the molecule is COC[C@@H](C)NC(=O)Nc1cc(Cl)ccc1N(C)C. The summed E-state index contributed by atoms with van der Waals surface area (Å²) in [4.78, 5) is 13.8. The summed E-state index contributed by atoms with van der Waals surface area (Å²) in [6.07, 6.45) is 0. The molecular formula is C13H20ClN3O2. The number of anilines is 2. The van der Waals surface area contributed by atoms with E-state index in [9.17, 15) is 4.79 Å². The van der Waals surface area contributed by atoms with Gasteiger partial charge in [-0.3, -0.25) is 0 Å². The lowest BCUT2D eigenvalue weighted by atomic mass is 10.2. The maximum absolute atomic E-state index is 11.8. The fourth-order valence-electron chi connectivity index (χ4n) is 1.67. The average Bonchev–Trinajstić information content (AvgIpc) is 2.28. The molecule has 0 unspecified atom stereocenters. The topological polar surface area (TPSA) is 53.6 Å². The molecule has 0 fully saturated rings. The van der Waals surface area contributed by atoms with Crippen LogP contribution in [0.4, 0.5) is 16.2 Å². The van der Waals surface area contributed by atoms with Crippen molar-refractivity contribution in [3.8, 4) is 0 Å². The van der Waals surface area contributed by atoms with E-state index in [0.717, 1.165) is 5.69 Å². The molecule has 2 N–H and O–H groups in total. The quantitative estimate of drug-likeness (QED) is 0.874. The molecular weight excluding hydrogens is 266 g/mol. The highest BCUT2D eigenvalue weighted by atomic mass is 35.5. The Labute approximate surface area is 118 Å². The van der Waals surface area contributed by atoms with E-state index in [1.54, 1.807) is 19.2 Å². The van der Waals surface area contributed by atoms with Crippen LogP contribution < -0.4 is 15.5 Å². The number of urea groups is 1. The molecule has 1 atom stereocenters. The largest absolute Gasteiger partial charge is 0.383 e. The highest BCUT2D eigenvalue weighted by Crippen LogP contribution is 2.27. The molecule has 0 bridgehead atoms. The molecule has 0 aliphatic carbocycles. The third-order valence-electron chi connectivity index (χ3n) is 2.48. The Kier molecular flexibility index (Phi) is 5.92. The van der Waals surface area contributed by atoms with Crippen molar-refractivity contribution in [2.24, 2.45) is 0 Å². The zero-order valence-electron chi connectivity index (χ0n) is 11.7. The molecule has 0 aliphatic heterocycles. The minimum atomic E-state index is -0.282. The monoisotopic (exact) mass is 285 g/mol. The van der Waals surface area contributed by atoms with E-state index in [-0.39, 0.29) is 12.1 Å². The summed E-state index contributed by atoms with van der Waals surface area (Å²) >= 11 is 5.95. The van der Waals surface area contributed by atoms with Gasteiger partial charge >= 0.3 is 6.03 Å². The van der Waals surface area contributed by atoms with E-state index in [1.165, 1.54) is 0 Å². The van der Waals surface area contributed by atoms with E-state index >= 15 is 0 Å². The van der Waals surface area contributed by atoms with Gasteiger partial charge in [0.15, 0.2) is 0 Å². The predicted molar refractivity (Wildman–Crippen MR) is 79.3 cm³/mol. The molecule has 0 saturated carbocycles. The Balaban J connectivity index is 2.75. The van der Waals surface area contributed by atoms with Gasteiger partial charge in [-0.1, -0.05) is 11.6 Å². The lowest BCUT2D eigenvalue weighted by Gasteiger charge is -2.19. The van der Waals surface area contributed by atoms with Gasteiger partial charge < -0.3 is 20.3 Å². The Hall–Kier alpha value is -1.46. The maximum atomic E-state index is 11.8. The summed E-state index contributed by atoms with van der Waals surface area (Å²) in [5, 5.41) is 6.14. The third-order valence-corrected chi connectivity index (χ3v) is 2.72. The van der Waals surface area contributed by atoms with Gasteiger partial charge in [-0.15, -0.1) is 0 Å². The second-order valence-corrected chi connectivity index (χ2v) is 4.95. The first-order chi connectivity index (χ1) is 8.93. The first-order valence-electron chi connectivity index (χ1n) is 5.97. The fourth-order valence-corrected chi connectivity index (χ4v) is 1.84. The van der Waals surface area contributed by atoms with Crippen LogP contribution in [0.1, 0.15) is 6.92 Å². The average molecular weight is 286 g/mol. The number of nitrogens with zero attached hydrogens (tertiary/aromatic N) is 1. The first kappa shape index (κ1) is 15.6. The molecule has 1 aromatic carbocycles. The van der Waals surface area contributed by atoms with Crippen LogP contribution in [0.25, 0.3) is 0 Å². The number of carbonyl (C=O) groups is 1. The molecule has 2 amide bonds. The number of nitrogens with one attached hydrogen (secondary N) is 2. The normalized spacial score (nSPS) is 11.8. The number of carbonyl (C=O) groups excluding carboxylic acids is 1. The van der Waals surface area contributed by atoms with Crippen molar-refractivity contribution >= 4 is 29.0 Å². The molecule has 0 aliphatic rings. The molecule has 6 heteroatoms. The van der Waals surface area contributed by atoms with E-state index in [0.29, 0.717) is 17.3 Å². The molecule has 1 rings (SSSR count). The number of ether oxygens (including phenoxy) is 1. The van der Waals surface area contributed by atoms with Crippen molar-refractivity contribution in [2.45, 2.75) is 13.0 Å². The summed E-state index contributed by atoms with van der Waals surface area (Å²) < 4.78 is 4.96. The van der Waals surface area contributed by atoms with E-state index in [1.807, 2.05) is 32.0 Å². The van der Waals surface area contributed by atoms with Gasteiger partial charge in [0.1, 0.15) is 0 Å². The molecule has 0 aromatic heterocycles. The summed E-state index contributed by atoms with van der Waals surface area (Å²) in [7, 11) is 5.40. The van der Waals surface area contributed by atoms with E-state index in [2.05, 4.69) is 10.6 Å². The van der Waals surface area contributed by atoms with Crippen LogP contribution in [-0.2, 0) is 4.74 Å². The summed E-state index contributed by atoms with van der Waals surface area (Å²) in [6, 6.07) is 5.02. The Morgan fingerprint density at radius 3 is 2.74 bits per heavy atom. The molecule has 0 saturated heterocycles. The molecule has 0 spiro atoms. The minimum Gasteiger partial charge on any atom is -0.383 e. The van der Waals surface area contributed by atoms with Crippen LogP contribution in [0.2, 0.25) is 5.02 Å². The van der Waals surface area contributed by atoms with Crippen molar-refractivity contribution in [3.63, 3.8) is 0 Å². The fraction of sp³-hybridized carbons (Fsp3) is 0.462. The van der Waals surface area contributed by atoms with Gasteiger partial charge in [-0.2, -0.15) is 0 Å². The van der Waals surface area contributed by atoms with Gasteiger partial charge in [0, 0.05) is 26.2 Å². The predicted octanol–water partition coefficient (Wildman–Crippen LogP) is 2.56. The van der Waals surface area contributed by atoms with Crippen LogP contribution in [0, 0.1) is 0 Å². The zero-order chi connectivity index (χ0) is 14.4. The van der Waals surface area contributed by atoms with Gasteiger partial charge in [0.05, 0.1) is 24.0 Å². The van der Waals surface area contributed by atoms with Crippen molar-refractivity contribution < 1.29 is 9.53 Å². The maximum Gasteiger partial charge on any atom is 0.319 e. The number of methoxy groups -OCH3 is 1. The lowest BCUT2D eigenvalue weighted by molar-refractivity contribution is 0.173. The highest BCUT2D eigenvalue weighted by molar-refractivity contribution is 6.31. The lowest BCUT2D eigenvalue weighted by Crippen LogP contribution is -2.38. The summed E-state index contributed by atoms with van der Waals surface area (Å²) in [5.74, 6) is 0. The van der Waals surface area contributed by atoms with Gasteiger partial charge in [-0.05, 0) is 25.1 Å². The Morgan fingerprint density at radius 1 is 1.47 bits per heavy atom. The molecule has 0 heterocycles. The van der Waals surface area contributed by atoms with Crippen molar-refractivity contribution in [2.75, 3.05) is 38.0 Å². The smallest absolute Gasteiger partial charge is 0.319 e. The van der Waals surface area contributed by atoms with Crippen molar-refractivity contribution in [3.05, 3.63) is 23.2 Å². The number of benzene rings is 1. The molecule has 5 nitrogen and oxygen atoms in total. The Bertz CT molecular complexity index is 438. The van der Waals surface area contributed by atoms with Crippen molar-refractivity contribution in [1.29, 1.82) is 0 Å². The first-order valence-corrected chi connectivity index (χ1v) is 6.35. The van der Waals surface area contributed by atoms with Crippen LogP contribution >= 0.6 is 11.6 Å². The summed E-state index contributed by atoms with van der Waals surface area (Å²) in [5.41, 5.74) is 1.55. The highest BCUT2D eigenvalue weighted by Gasteiger charge is 2.11. The standard InChI is InChI=1S/C13H20ClN3O2/c1-9(8-19-4)15-13(18)16-11-7-10(14)5-6-12(11)17(2)3/h5-7,9H,8H2,1-4H3,(H2,15,16,18)/t9-/m1/s1. The Morgan fingerprint density at radius 2 is 2.16 bits per heavy atom. The van der Waals surface area contributed by atoms with Gasteiger partial charge in [0.2, 0.25) is 0 Å². The van der Waals surface area contributed by atoms with Crippen molar-refractivity contribution in [1.82, 2.24) is 5.32 Å². The zero-order valence-corrected chi connectivity index (χ0v) is 12.4. The van der Waals surface area contributed by atoms with E-state index in [4.69, 9.17) is 16.3 Å². The number of hydrogen-bond donors (Lipinski definition) is 2. The number of amides is 2.